The first-order valence-electron chi connectivity index (χ1n) is 6.98. The van der Waals surface area contributed by atoms with Gasteiger partial charge in [-0.05, 0) is 38.1 Å². The molecule has 1 aliphatic heterocycles. The molecule has 3 N–H and O–H groups in total. The first kappa shape index (κ1) is 12.3. The van der Waals surface area contributed by atoms with Gasteiger partial charge < -0.3 is 15.7 Å². The first-order valence-corrected chi connectivity index (χ1v) is 6.98. The van der Waals surface area contributed by atoms with E-state index >= 15 is 0 Å². The molecule has 3 atom stereocenters. The summed E-state index contributed by atoms with van der Waals surface area (Å²) in [6, 6.07) is 1.22. The number of hydrogen-bond donors (Lipinski definition) is 3. The van der Waals surface area contributed by atoms with Gasteiger partial charge in [0.05, 0.1) is 0 Å². The Morgan fingerprint density at radius 3 is 2.62 bits per heavy atom. The molecular weight excluding hydrogens is 200 g/mol. The molecule has 16 heavy (non-hydrogen) atoms. The summed E-state index contributed by atoms with van der Waals surface area (Å²) in [7, 11) is 0. The second-order valence-corrected chi connectivity index (χ2v) is 5.39. The van der Waals surface area contributed by atoms with Crippen molar-refractivity contribution in [1.82, 2.24) is 10.6 Å². The van der Waals surface area contributed by atoms with E-state index in [1.54, 1.807) is 0 Å². The smallest absolute Gasteiger partial charge is 0.0474 e. The molecule has 2 aliphatic rings. The molecule has 3 nitrogen and oxygen atoms in total. The molecule has 2 rings (SSSR count). The molecule has 3 unspecified atom stereocenters. The van der Waals surface area contributed by atoms with Gasteiger partial charge in [-0.3, -0.25) is 0 Å². The summed E-state index contributed by atoms with van der Waals surface area (Å²) in [6.45, 7) is 2.62. The maximum absolute atomic E-state index is 9.34. The highest BCUT2D eigenvalue weighted by atomic mass is 16.3. The molecule has 1 saturated heterocycles. The first-order chi connectivity index (χ1) is 7.90. The van der Waals surface area contributed by atoms with E-state index < -0.39 is 0 Å². The Kier molecular flexibility index (Phi) is 5.07. The molecule has 0 aromatic heterocycles. The van der Waals surface area contributed by atoms with Crippen LogP contribution in [0, 0.1) is 5.92 Å². The Morgan fingerprint density at radius 1 is 1.06 bits per heavy atom. The van der Waals surface area contributed by atoms with Crippen molar-refractivity contribution in [3.63, 3.8) is 0 Å². The summed E-state index contributed by atoms with van der Waals surface area (Å²) >= 11 is 0. The fraction of sp³-hybridized carbons (Fsp3) is 1.00. The van der Waals surface area contributed by atoms with Gasteiger partial charge in [-0.2, -0.15) is 0 Å². The van der Waals surface area contributed by atoms with Gasteiger partial charge in [-0.15, -0.1) is 0 Å². The van der Waals surface area contributed by atoms with Gasteiger partial charge in [0.1, 0.15) is 0 Å². The fourth-order valence-corrected chi connectivity index (χ4v) is 3.09. The van der Waals surface area contributed by atoms with Crippen LogP contribution in [0.4, 0.5) is 0 Å². The van der Waals surface area contributed by atoms with Gasteiger partial charge in [0.2, 0.25) is 0 Å². The lowest BCUT2D eigenvalue weighted by Gasteiger charge is -2.33. The van der Waals surface area contributed by atoms with E-state index in [0.29, 0.717) is 24.6 Å². The van der Waals surface area contributed by atoms with Crippen molar-refractivity contribution in [2.24, 2.45) is 5.92 Å². The number of rotatable bonds is 4. The van der Waals surface area contributed by atoms with E-state index in [4.69, 9.17) is 0 Å². The number of piperidine rings is 1. The average molecular weight is 226 g/mol. The molecule has 1 saturated carbocycles. The van der Waals surface area contributed by atoms with E-state index in [-0.39, 0.29) is 0 Å². The molecule has 94 valence electrons. The Morgan fingerprint density at radius 2 is 1.88 bits per heavy atom. The van der Waals surface area contributed by atoms with E-state index in [2.05, 4.69) is 10.6 Å². The van der Waals surface area contributed by atoms with Gasteiger partial charge in [-0.25, -0.2) is 0 Å². The van der Waals surface area contributed by atoms with Crippen LogP contribution in [-0.4, -0.2) is 36.9 Å². The highest BCUT2D eigenvalue weighted by Gasteiger charge is 2.24. The lowest BCUT2D eigenvalue weighted by molar-refractivity contribution is 0.150. The minimum Gasteiger partial charge on any atom is -0.396 e. The summed E-state index contributed by atoms with van der Waals surface area (Å²) in [4.78, 5) is 0. The molecule has 3 heteroatoms. The second-order valence-electron chi connectivity index (χ2n) is 5.39. The van der Waals surface area contributed by atoms with Crippen molar-refractivity contribution in [1.29, 1.82) is 0 Å². The summed E-state index contributed by atoms with van der Waals surface area (Å²) in [5, 5.41) is 16.6. The zero-order valence-corrected chi connectivity index (χ0v) is 10.3. The minimum atomic E-state index is 0.357. The average Bonchev–Trinajstić information content (AvgIpc) is 2.38. The zero-order chi connectivity index (χ0) is 11.2. The Labute approximate surface area is 99.0 Å². The molecular formula is C13H26N2O. The Balaban J connectivity index is 1.70. The van der Waals surface area contributed by atoms with Crippen LogP contribution >= 0.6 is 0 Å². The highest BCUT2D eigenvalue weighted by Crippen LogP contribution is 2.24. The number of aliphatic hydroxyl groups is 1. The Bertz CT molecular complexity index is 192. The van der Waals surface area contributed by atoms with E-state index in [9.17, 15) is 5.11 Å². The van der Waals surface area contributed by atoms with Crippen LogP contribution < -0.4 is 10.6 Å². The number of hydrogen-bond acceptors (Lipinski definition) is 3. The monoisotopic (exact) mass is 226 g/mol. The van der Waals surface area contributed by atoms with Crippen LogP contribution in [0.25, 0.3) is 0 Å². The van der Waals surface area contributed by atoms with E-state index in [0.717, 1.165) is 6.54 Å². The van der Waals surface area contributed by atoms with Crippen molar-refractivity contribution in [3.8, 4) is 0 Å². The quantitative estimate of drug-likeness (QED) is 0.676. The minimum absolute atomic E-state index is 0.357. The topological polar surface area (TPSA) is 44.3 Å². The normalized spacial score (nSPS) is 36.2. The van der Waals surface area contributed by atoms with Crippen LogP contribution in [0.3, 0.4) is 0 Å². The van der Waals surface area contributed by atoms with Gasteiger partial charge in [0, 0.05) is 25.2 Å². The fourth-order valence-electron chi connectivity index (χ4n) is 3.09. The van der Waals surface area contributed by atoms with Gasteiger partial charge in [0.15, 0.2) is 0 Å². The molecule has 0 amide bonds. The summed E-state index contributed by atoms with van der Waals surface area (Å²) in [5.41, 5.74) is 0. The van der Waals surface area contributed by atoms with Gasteiger partial charge >= 0.3 is 0 Å². The zero-order valence-electron chi connectivity index (χ0n) is 10.3. The van der Waals surface area contributed by atoms with Crippen LogP contribution in [0.5, 0.6) is 0 Å². The molecule has 0 aromatic rings. The van der Waals surface area contributed by atoms with Crippen molar-refractivity contribution < 1.29 is 5.11 Å². The Hall–Kier alpha value is -0.120. The predicted octanol–water partition coefficient (Wildman–Crippen LogP) is 1.27. The summed E-state index contributed by atoms with van der Waals surface area (Å²) in [6.07, 6.45) is 9.08. The summed E-state index contributed by atoms with van der Waals surface area (Å²) < 4.78 is 0. The third-order valence-electron chi connectivity index (χ3n) is 4.18. The van der Waals surface area contributed by atoms with Crippen LogP contribution in [0.1, 0.15) is 44.9 Å². The molecule has 0 aromatic carbocycles. The standard InChI is InChI=1S/C13H26N2O/c16-10-11-5-1-2-7-13(11)15-9-12-6-3-4-8-14-12/h11-16H,1-10H2. The molecule has 0 bridgehead atoms. The van der Waals surface area contributed by atoms with Crippen molar-refractivity contribution in [3.05, 3.63) is 0 Å². The third-order valence-corrected chi connectivity index (χ3v) is 4.18. The van der Waals surface area contributed by atoms with Gasteiger partial charge in [-0.1, -0.05) is 19.3 Å². The molecule has 2 fully saturated rings. The lowest BCUT2D eigenvalue weighted by atomic mass is 9.85. The van der Waals surface area contributed by atoms with Crippen molar-refractivity contribution >= 4 is 0 Å². The third kappa shape index (κ3) is 3.44. The van der Waals surface area contributed by atoms with Crippen molar-refractivity contribution in [2.75, 3.05) is 19.7 Å². The molecule has 1 heterocycles. The van der Waals surface area contributed by atoms with Crippen LogP contribution in [-0.2, 0) is 0 Å². The van der Waals surface area contributed by atoms with Gasteiger partial charge in [0.25, 0.3) is 0 Å². The van der Waals surface area contributed by atoms with E-state index in [1.807, 2.05) is 0 Å². The molecule has 1 aliphatic carbocycles. The SMILES string of the molecule is OCC1CCCCC1NCC1CCCCN1. The summed E-state index contributed by atoms with van der Waals surface area (Å²) in [5.74, 6) is 0.498. The molecule has 0 spiro atoms. The lowest BCUT2D eigenvalue weighted by Crippen LogP contribution is -2.48. The number of aliphatic hydroxyl groups excluding tert-OH is 1. The number of nitrogens with one attached hydrogen (secondary N) is 2. The maximum Gasteiger partial charge on any atom is 0.0474 e. The van der Waals surface area contributed by atoms with Crippen LogP contribution in [0.15, 0.2) is 0 Å². The van der Waals surface area contributed by atoms with E-state index in [1.165, 1.54) is 51.5 Å². The highest BCUT2D eigenvalue weighted by molar-refractivity contribution is 4.83. The maximum atomic E-state index is 9.34. The predicted molar refractivity (Wildman–Crippen MR) is 66.5 cm³/mol. The van der Waals surface area contributed by atoms with Crippen molar-refractivity contribution in [2.45, 2.75) is 57.0 Å². The second kappa shape index (κ2) is 6.58. The van der Waals surface area contributed by atoms with Crippen LogP contribution in [0.2, 0.25) is 0 Å². The molecule has 0 radical (unpaired) electrons. The largest absolute Gasteiger partial charge is 0.396 e.